The highest BCUT2D eigenvalue weighted by Crippen LogP contribution is 2.27. The second-order valence-corrected chi connectivity index (χ2v) is 5.74. The maximum absolute atomic E-state index is 12.4. The van der Waals surface area contributed by atoms with Gasteiger partial charge in [-0.15, -0.1) is 0 Å². The molecule has 0 unspecified atom stereocenters. The Hall–Kier alpha value is -2.34. The second-order valence-electron chi connectivity index (χ2n) is 5.74. The standard InChI is InChI=1S/C17H20N2O4/c1-19(17(21)15-10-18-11-22-15)13-8-5-9-14(16(13)20)23-12-6-3-2-4-7-12/h2-4,6-7,10-11,13-14,16,20H,5,8-9H2,1H3/t13-,14-,16-/m1/s1. The number of benzene rings is 1. The number of hydrogen-bond acceptors (Lipinski definition) is 5. The molecule has 0 saturated heterocycles. The molecule has 1 fully saturated rings. The summed E-state index contributed by atoms with van der Waals surface area (Å²) in [4.78, 5) is 17.6. The summed E-state index contributed by atoms with van der Waals surface area (Å²) in [6, 6.07) is 9.11. The van der Waals surface area contributed by atoms with Crippen LogP contribution in [-0.4, -0.2) is 46.2 Å². The van der Waals surface area contributed by atoms with E-state index in [0.717, 1.165) is 25.0 Å². The summed E-state index contributed by atoms with van der Waals surface area (Å²) >= 11 is 0. The van der Waals surface area contributed by atoms with Crippen molar-refractivity contribution in [3.8, 4) is 5.75 Å². The number of aliphatic hydroxyl groups excluding tert-OH is 1. The third-order valence-electron chi connectivity index (χ3n) is 4.26. The first-order valence-corrected chi connectivity index (χ1v) is 7.72. The van der Waals surface area contributed by atoms with E-state index in [1.54, 1.807) is 7.05 Å². The first-order chi connectivity index (χ1) is 11.2. The lowest BCUT2D eigenvalue weighted by Gasteiger charge is -2.39. The Bertz CT molecular complexity index is 629. The largest absolute Gasteiger partial charge is 0.488 e. The summed E-state index contributed by atoms with van der Waals surface area (Å²) in [5, 5.41) is 10.6. The summed E-state index contributed by atoms with van der Waals surface area (Å²) in [5.74, 6) is 0.610. The first kappa shape index (κ1) is 15.6. The summed E-state index contributed by atoms with van der Waals surface area (Å²) in [7, 11) is 1.67. The van der Waals surface area contributed by atoms with Gasteiger partial charge in [-0.1, -0.05) is 18.2 Å². The highest BCUT2D eigenvalue weighted by molar-refractivity contribution is 5.91. The van der Waals surface area contributed by atoms with Gasteiger partial charge in [0.1, 0.15) is 18.0 Å². The predicted molar refractivity (Wildman–Crippen MR) is 83.1 cm³/mol. The van der Waals surface area contributed by atoms with Crippen LogP contribution in [0.4, 0.5) is 0 Å². The Kier molecular flexibility index (Phi) is 4.62. The third-order valence-corrected chi connectivity index (χ3v) is 4.26. The number of likely N-dealkylation sites (N-methyl/N-ethyl adjacent to an activating group) is 1. The van der Waals surface area contributed by atoms with Crippen LogP contribution in [0, 0.1) is 0 Å². The summed E-state index contributed by atoms with van der Waals surface area (Å²) < 4.78 is 10.9. The number of oxazole rings is 1. The van der Waals surface area contributed by atoms with E-state index in [0.29, 0.717) is 0 Å². The molecule has 1 aromatic carbocycles. The number of amides is 1. The molecule has 23 heavy (non-hydrogen) atoms. The average molecular weight is 316 g/mol. The van der Waals surface area contributed by atoms with Crippen molar-refractivity contribution in [2.24, 2.45) is 0 Å². The van der Waals surface area contributed by atoms with Gasteiger partial charge in [0.2, 0.25) is 5.76 Å². The Balaban J connectivity index is 1.69. The Labute approximate surface area is 134 Å². The Morgan fingerprint density at radius 3 is 2.83 bits per heavy atom. The molecule has 3 rings (SSSR count). The fourth-order valence-corrected chi connectivity index (χ4v) is 2.99. The molecule has 0 aliphatic heterocycles. The van der Waals surface area contributed by atoms with Gasteiger partial charge in [-0.25, -0.2) is 4.98 Å². The van der Waals surface area contributed by atoms with Crippen molar-refractivity contribution in [1.29, 1.82) is 0 Å². The molecule has 1 amide bonds. The van der Waals surface area contributed by atoms with Crippen LogP contribution in [0.25, 0.3) is 0 Å². The van der Waals surface area contributed by atoms with Crippen molar-refractivity contribution in [3.05, 3.63) is 48.7 Å². The van der Waals surface area contributed by atoms with Crippen LogP contribution in [0.2, 0.25) is 0 Å². The number of carbonyl (C=O) groups is 1. The molecule has 1 aliphatic rings. The minimum absolute atomic E-state index is 0.172. The van der Waals surface area contributed by atoms with Gasteiger partial charge < -0.3 is 19.2 Å². The van der Waals surface area contributed by atoms with Crippen LogP contribution >= 0.6 is 0 Å². The first-order valence-electron chi connectivity index (χ1n) is 7.72. The van der Waals surface area contributed by atoms with E-state index >= 15 is 0 Å². The molecule has 0 bridgehead atoms. The quantitative estimate of drug-likeness (QED) is 0.935. The lowest BCUT2D eigenvalue weighted by atomic mass is 9.89. The zero-order chi connectivity index (χ0) is 16.2. The fourth-order valence-electron chi connectivity index (χ4n) is 2.99. The Morgan fingerprint density at radius 1 is 1.35 bits per heavy atom. The van der Waals surface area contributed by atoms with Gasteiger partial charge in [0.15, 0.2) is 6.39 Å². The molecular formula is C17H20N2O4. The number of nitrogens with zero attached hydrogens (tertiary/aromatic N) is 2. The van der Waals surface area contributed by atoms with Crippen molar-refractivity contribution in [2.45, 2.75) is 37.5 Å². The van der Waals surface area contributed by atoms with Crippen molar-refractivity contribution < 1.29 is 19.1 Å². The molecule has 6 nitrogen and oxygen atoms in total. The molecular weight excluding hydrogens is 296 g/mol. The molecule has 1 aliphatic carbocycles. The highest BCUT2D eigenvalue weighted by Gasteiger charge is 2.38. The van der Waals surface area contributed by atoms with E-state index in [9.17, 15) is 9.90 Å². The Morgan fingerprint density at radius 2 is 2.13 bits per heavy atom. The number of hydrogen-bond donors (Lipinski definition) is 1. The second kappa shape index (κ2) is 6.83. The van der Waals surface area contributed by atoms with Crippen LogP contribution in [0.15, 0.2) is 47.3 Å². The normalized spacial score (nSPS) is 24.2. The van der Waals surface area contributed by atoms with Crippen LogP contribution in [0.1, 0.15) is 29.8 Å². The molecule has 1 saturated carbocycles. The SMILES string of the molecule is CN(C(=O)c1cnco1)[C@@H]1CCC[C@@H](Oc2ccccc2)[C@@H]1O. The van der Waals surface area contributed by atoms with E-state index < -0.39 is 6.10 Å². The molecule has 6 heteroatoms. The fraction of sp³-hybridized carbons (Fsp3) is 0.412. The van der Waals surface area contributed by atoms with Crippen molar-refractivity contribution in [3.63, 3.8) is 0 Å². The number of aliphatic hydroxyl groups is 1. The maximum atomic E-state index is 12.4. The summed E-state index contributed by atoms with van der Waals surface area (Å²) in [6.45, 7) is 0. The van der Waals surface area contributed by atoms with E-state index in [2.05, 4.69) is 4.98 Å². The maximum Gasteiger partial charge on any atom is 0.291 e. The van der Waals surface area contributed by atoms with Gasteiger partial charge in [0.05, 0.1) is 12.2 Å². The van der Waals surface area contributed by atoms with Crippen LogP contribution < -0.4 is 4.74 Å². The van der Waals surface area contributed by atoms with E-state index in [1.165, 1.54) is 17.5 Å². The smallest absolute Gasteiger partial charge is 0.291 e. The molecule has 122 valence electrons. The molecule has 2 aromatic rings. The zero-order valence-electron chi connectivity index (χ0n) is 13.0. The van der Waals surface area contributed by atoms with Crippen LogP contribution in [0.3, 0.4) is 0 Å². The van der Waals surface area contributed by atoms with E-state index in [1.807, 2.05) is 30.3 Å². The van der Waals surface area contributed by atoms with Crippen LogP contribution in [-0.2, 0) is 0 Å². The monoisotopic (exact) mass is 316 g/mol. The van der Waals surface area contributed by atoms with Gasteiger partial charge in [-0.3, -0.25) is 4.79 Å². The van der Waals surface area contributed by atoms with Crippen molar-refractivity contribution >= 4 is 5.91 Å². The molecule has 1 N–H and O–H groups in total. The zero-order valence-corrected chi connectivity index (χ0v) is 13.0. The lowest BCUT2D eigenvalue weighted by molar-refractivity contribution is -0.0418. The number of aromatic nitrogens is 1. The highest BCUT2D eigenvalue weighted by atomic mass is 16.5. The van der Waals surface area contributed by atoms with Gasteiger partial charge in [-0.05, 0) is 31.4 Å². The molecule has 3 atom stereocenters. The van der Waals surface area contributed by atoms with Crippen molar-refractivity contribution in [2.75, 3.05) is 7.05 Å². The number of carbonyl (C=O) groups excluding carboxylic acids is 1. The van der Waals surface area contributed by atoms with Gasteiger partial charge in [-0.2, -0.15) is 0 Å². The number of ether oxygens (including phenoxy) is 1. The summed E-state index contributed by atoms with van der Waals surface area (Å²) in [6.07, 6.45) is 3.89. The lowest BCUT2D eigenvalue weighted by Crippen LogP contribution is -2.53. The third kappa shape index (κ3) is 3.37. The minimum Gasteiger partial charge on any atom is -0.488 e. The molecule has 0 spiro atoms. The molecule has 0 radical (unpaired) electrons. The van der Waals surface area contributed by atoms with Gasteiger partial charge in [0, 0.05) is 7.05 Å². The predicted octanol–water partition coefficient (Wildman–Crippen LogP) is 2.11. The van der Waals surface area contributed by atoms with E-state index in [4.69, 9.17) is 9.15 Å². The number of para-hydroxylation sites is 1. The van der Waals surface area contributed by atoms with E-state index in [-0.39, 0.29) is 23.8 Å². The minimum atomic E-state index is -0.749. The molecule has 1 heterocycles. The van der Waals surface area contributed by atoms with Crippen LogP contribution in [0.5, 0.6) is 5.75 Å². The van der Waals surface area contributed by atoms with Crippen molar-refractivity contribution in [1.82, 2.24) is 9.88 Å². The molecule has 1 aromatic heterocycles. The summed E-state index contributed by atoms with van der Waals surface area (Å²) in [5.41, 5.74) is 0. The van der Waals surface area contributed by atoms with Gasteiger partial charge >= 0.3 is 0 Å². The number of rotatable bonds is 4. The van der Waals surface area contributed by atoms with Gasteiger partial charge in [0.25, 0.3) is 5.91 Å². The average Bonchev–Trinajstić information content (AvgIpc) is 3.11. The topological polar surface area (TPSA) is 75.8 Å².